The summed E-state index contributed by atoms with van der Waals surface area (Å²) in [7, 11) is -1.83. The molecule has 0 spiro atoms. The molecule has 0 aliphatic carbocycles. The lowest BCUT2D eigenvalue weighted by molar-refractivity contribution is -0.160. The zero-order valence-corrected chi connectivity index (χ0v) is 17.2. The van der Waals surface area contributed by atoms with Gasteiger partial charge >= 0.3 is 5.97 Å². The van der Waals surface area contributed by atoms with Crippen LogP contribution in [0.15, 0.2) is 12.1 Å². The Morgan fingerprint density at radius 1 is 1.40 bits per heavy atom. The number of esters is 1. The van der Waals surface area contributed by atoms with E-state index in [9.17, 15) is 6.17 Å². The molecule has 1 aromatic rings. The highest BCUT2D eigenvalue weighted by atomic mass is 16.5. The Balaban J connectivity index is 2.22. The number of hydrogen-bond acceptors (Lipinski definition) is 6. The number of hydrogen-bond donors (Lipinski definition) is 1. The van der Waals surface area contributed by atoms with Crippen LogP contribution >= 0.6 is 0 Å². The van der Waals surface area contributed by atoms with Crippen molar-refractivity contribution in [1.29, 1.82) is 0 Å². The molecule has 1 fully saturated rings. The topological polar surface area (TPSA) is 74.0 Å². The number of aryl methyl sites for hydroxylation is 1. The minimum Gasteiger partial charge on any atom is -0.493 e. The summed E-state index contributed by atoms with van der Waals surface area (Å²) in [4.78, 5) is 14.4. The first-order valence-corrected chi connectivity index (χ1v) is 9.60. The molecule has 168 valence electrons. The molecule has 0 bridgehead atoms. The van der Waals surface area contributed by atoms with E-state index < -0.39 is 93.8 Å². The number of methoxy groups -OCH3 is 2. The van der Waals surface area contributed by atoms with Crippen LogP contribution in [0.1, 0.15) is 79.5 Å². The van der Waals surface area contributed by atoms with Gasteiger partial charge in [-0.2, -0.15) is 0 Å². The molecule has 2 aliphatic heterocycles. The monoisotopic (exact) mass is 434 g/mol. The van der Waals surface area contributed by atoms with Gasteiger partial charge in [-0.15, -0.1) is 0 Å². The second-order valence-corrected chi connectivity index (χ2v) is 7.77. The van der Waals surface area contributed by atoms with Crippen molar-refractivity contribution in [3.05, 3.63) is 23.3 Å². The maximum absolute atomic E-state index is 13.5. The van der Waals surface area contributed by atoms with Gasteiger partial charge in [0.05, 0.1) is 21.0 Å². The minimum absolute atomic E-state index is 0.137. The first kappa shape index (κ1) is 9.78. The van der Waals surface area contributed by atoms with Crippen molar-refractivity contribution >= 4 is 5.97 Å². The average Bonchev–Trinajstić information content (AvgIpc) is 2.85. The van der Waals surface area contributed by atoms with Crippen molar-refractivity contribution in [2.24, 2.45) is 23.5 Å². The molecular weight excluding hydrogens is 380 g/mol. The lowest BCUT2D eigenvalue weighted by Crippen LogP contribution is -2.51. The molecule has 6 heteroatoms. The van der Waals surface area contributed by atoms with Crippen LogP contribution in [0.4, 0.5) is 0 Å². The third-order valence-corrected chi connectivity index (χ3v) is 5.24. The third-order valence-electron chi connectivity index (χ3n) is 5.24. The Labute approximate surface area is 203 Å². The largest absolute Gasteiger partial charge is 0.493 e. The van der Waals surface area contributed by atoms with Crippen LogP contribution in [-0.4, -0.2) is 50.2 Å². The summed E-state index contributed by atoms with van der Waals surface area (Å²) < 4.78 is 146. The summed E-state index contributed by atoms with van der Waals surface area (Å²) in [6.07, 6.45) is -4.68. The van der Waals surface area contributed by atoms with Gasteiger partial charge in [0.1, 0.15) is 12.1 Å². The molecule has 0 aromatic heterocycles. The predicted octanol–water partition coefficient (Wildman–Crippen LogP) is 3.56. The van der Waals surface area contributed by atoms with Crippen LogP contribution in [0.25, 0.3) is 0 Å². The van der Waals surface area contributed by atoms with Gasteiger partial charge in [0, 0.05) is 46.5 Å². The molecule has 30 heavy (non-hydrogen) atoms. The number of fused-ring (bicyclic) bond motifs is 3. The molecule has 2 heterocycles. The molecule has 0 amide bonds. The van der Waals surface area contributed by atoms with Gasteiger partial charge in [-0.05, 0) is 47.9 Å². The van der Waals surface area contributed by atoms with Crippen LogP contribution < -0.4 is 15.2 Å². The third kappa shape index (κ3) is 4.75. The highest BCUT2D eigenvalue weighted by molar-refractivity contribution is 5.76. The van der Waals surface area contributed by atoms with Gasteiger partial charge in [-0.25, -0.2) is 0 Å². The van der Waals surface area contributed by atoms with Crippen molar-refractivity contribution in [2.45, 2.75) is 64.9 Å². The van der Waals surface area contributed by atoms with E-state index in [0.717, 1.165) is 17.0 Å². The molecule has 2 aliphatic rings. The Bertz CT molecular complexity index is 1310. The van der Waals surface area contributed by atoms with E-state index in [1.54, 1.807) is 13.8 Å². The quantitative estimate of drug-likeness (QED) is 0.662. The second kappa shape index (κ2) is 9.56. The van der Waals surface area contributed by atoms with Crippen LogP contribution in [0.3, 0.4) is 0 Å². The van der Waals surface area contributed by atoms with E-state index in [4.69, 9.17) is 40.5 Å². The van der Waals surface area contributed by atoms with E-state index in [1.165, 1.54) is 7.11 Å². The lowest BCUT2D eigenvalue weighted by atomic mass is 9.79. The van der Waals surface area contributed by atoms with Crippen molar-refractivity contribution in [2.75, 3.05) is 27.2 Å². The molecule has 2 N–H and O–H groups in total. The van der Waals surface area contributed by atoms with Crippen LogP contribution in [0.5, 0.6) is 11.5 Å². The average molecular weight is 435 g/mol. The molecule has 1 aromatic carbocycles. The summed E-state index contributed by atoms with van der Waals surface area (Å²) in [6.45, 7) is -7.24. The predicted molar refractivity (Wildman–Crippen MR) is 118 cm³/mol. The fraction of sp³-hybridized carbons (Fsp3) is 0.708. The second-order valence-electron chi connectivity index (χ2n) is 7.77. The van der Waals surface area contributed by atoms with Gasteiger partial charge in [0.25, 0.3) is 0 Å². The first-order valence-electron chi connectivity index (χ1n) is 17.6. The number of nitrogens with two attached hydrogens (primary N) is 1. The molecule has 6 nitrogen and oxygen atoms in total. The molecule has 1 saturated heterocycles. The molecule has 3 rings (SSSR count). The number of carbonyl (C=O) groups excluding carboxylic acids is 1. The Kier molecular flexibility index (Phi) is 3.12. The van der Waals surface area contributed by atoms with Crippen LogP contribution in [-0.2, 0) is 15.9 Å². The highest BCUT2D eigenvalue weighted by Crippen LogP contribution is 2.44. The molecular formula is C24H38N2O4. The van der Waals surface area contributed by atoms with E-state index in [1.807, 2.05) is 0 Å². The van der Waals surface area contributed by atoms with Crippen LogP contribution in [0.2, 0.25) is 0 Å². The van der Waals surface area contributed by atoms with Gasteiger partial charge < -0.3 is 19.9 Å². The fourth-order valence-corrected chi connectivity index (χ4v) is 3.84. The van der Waals surface area contributed by atoms with E-state index in [0.29, 0.717) is 0 Å². The first-order chi connectivity index (χ1) is 20.4. The van der Waals surface area contributed by atoms with E-state index in [-0.39, 0.29) is 23.7 Å². The number of carbonyl (C=O) groups is 1. The molecule has 4 atom stereocenters. The standard InChI is InChI=1S/C24H38N2O4/c1-14(2)9-17-13-26-8-7-16-10-21(28-5)22(29-6)11-18(16)19(26)12-20(17)30-24(27)23(25)15(3)4/h10-11,14-15,17,19-20,23H,7-9,12-13,25H2,1-6H3/t17?,19?,20?,23-/m0/s1/i3D3,4D3,5D3,7D2,8D2,15D,19D,23D. The zero-order chi connectivity index (χ0) is 35.9. The van der Waals surface area contributed by atoms with Crippen molar-refractivity contribution in [3.8, 4) is 11.5 Å². The normalized spacial score (nSPS) is 41.2. The van der Waals surface area contributed by atoms with Gasteiger partial charge in [-0.3, -0.25) is 9.69 Å². The maximum Gasteiger partial charge on any atom is 0.323 e. The van der Waals surface area contributed by atoms with Crippen molar-refractivity contribution in [3.63, 3.8) is 0 Å². The molecule has 0 radical (unpaired) electrons. The van der Waals surface area contributed by atoms with Gasteiger partial charge in [-0.1, -0.05) is 27.6 Å². The SMILES string of the molecule is [2H]C([2H])([2H])Oc1cc2c(cc1OC)C1([2H])CC(OC(=O)[C@@]([2H])(N)C([2H])(C([2H])([2H])[2H])C([2H])([2H])[2H])C(CC(C)C)CN1C([2H])([2H])C2([2H])[2H]. The van der Waals surface area contributed by atoms with Crippen LogP contribution in [0, 0.1) is 17.7 Å². The summed E-state index contributed by atoms with van der Waals surface area (Å²) in [5.74, 6) is -7.36. The summed E-state index contributed by atoms with van der Waals surface area (Å²) in [6, 6.07) is -3.86. The summed E-state index contributed by atoms with van der Waals surface area (Å²) >= 11 is 0. The minimum atomic E-state index is -3.84. The van der Waals surface area contributed by atoms with Crippen molar-refractivity contribution in [1.82, 2.24) is 4.90 Å². The highest BCUT2D eigenvalue weighted by Gasteiger charge is 2.41. The Hall–Kier alpha value is -1.79. The van der Waals surface area contributed by atoms with Gasteiger partial charge in [0.2, 0.25) is 0 Å². The fourth-order valence-electron chi connectivity index (χ4n) is 3.84. The number of benzene rings is 1. The number of rotatable bonds is 7. The Morgan fingerprint density at radius 2 is 2.17 bits per heavy atom. The number of nitrogens with zero attached hydrogens (tertiary/aromatic N) is 1. The molecule has 0 saturated carbocycles. The summed E-state index contributed by atoms with van der Waals surface area (Å²) in [5, 5.41) is 0. The summed E-state index contributed by atoms with van der Waals surface area (Å²) in [5.41, 5.74) is 5.11. The zero-order valence-electron chi connectivity index (χ0n) is 33.2. The maximum atomic E-state index is 13.5. The van der Waals surface area contributed by atoms with E-state index >= 15 is 0 Å². The van der Waals surface area contributed by atoms with E-state index in [2.05, 4.69) is 0 Å². The number of piperidine rings is 1. The Morgan fingerprint density at radius 3 is 2.83 bits per heavy atom. The van der Waals surface area contributed by atoms with Crippen molar-refractivity contribution < 1.29 is 40.9 Å². The lowest BCUT2D eigenvalue weighted by Gasteiger charge is -2.47. The smallest absolute Gasteiger partial charge is 0.323 e. The number of ether oxygens (including phenoxy) is 3. The molecule has 3 unspecified atom stereocenters. The van der Waals surface area contributed by atoms with Gasteiger partial charge in [0.15, 0.2) is 11.5 Å².